The van der Waals surface area contributed by atoms with E-state index in [1.807, 2.05) is 42.7 Å². The van der Waals surface area contributed by atoms with Crippen LogP contribution in [0.2, 0.25) is 0 Å². The Bertz CT molecular complexity index is 977. The van der Waals surface area contributed by atoms with Crippen LogP contribution in [-0.4, -0.2) is 47.2 Å². The Labute approximate surface area is 141 Å². The molecular formula is C17H21N3O3S. The summed E-state index contributed by atoms with van der Waals surface area (Å²) in [4.78, 5) is 8.84. The first kappa shape index (κ1) is 16.9. The smallest absolute Gasteiger partial charge is 0.149 e. The van der Waals surface area contributed by atoms with Crippen molar-refractivity contribution in [1.29, 1.82) is 0 Å². The highest BCUT2D eigenvalue weighted by Crippen LogP contribution is 2.24. The number of sulfone groups is 1. The molecule has 0 aliphatic heterocycles. The lowest BCUT2D eigenvalue weighted by molar-refractivity contribution is -0.0205. The average molecular weight is 347 g/mol. The highest BCUT2D eigenvalue weighted by atomic mass is 32.2. The van der Waals surface area contributed by atoms with E-state index in [1.165, 1.54) is 6.26 Å². The summed E-state index contributed by atoms with van der Waals surface area (Å²) in [5.41, 5.74) is 2.26. The van der Waals surface area contributed by atoms with Gasteiger partial charge in [-0.25, -0.2) is 13.4 Å². The van der Waals surface area contributed by atoms with Crippen LogP contribution in [0.5, 0.6) is 0 Å². The van der Waals surface area contributed by atoms with Gasteiger partial charge in [-0.3, -0.25) is 4.98 Å². The van der Waals surface area contributed by atoms with Gasteiger partial charge in [0.05, 0.1) is 48.1 Å². The number of para-hydroxylation sites is 1. The van der Waals surface area contributed by atoms with Crippen molar-refractivity contribution in [3.8, 4) is 0 Å². The number of aromatic nitrogens is 3. The Morgan fingerprint density at radius 1 is 1.17 bits per heavy atom. The zero-order valence-corrected chi connectivity index (χ0v) is 14.9. The lowest BCUT2D eigenvalue weighted by Gasteiger charge is -2.26. The first-order valence-corrected chi connectivity index (χ1v) is 9.81. The van der Waals surface area contributed by atoms with E-state index in [-0.39, 0.29) is 12.4 Å². The van der Waals surface area contributed by atoms with E-state index in [9.17, 15) is 8.42 Å². The number of ether oxygens (including phenoxy) is 1. The van der Waals surface area contributed by atoms with Gasteiger partial charge in [-0.1, -0.05) is 18.2 Å². The molecule has 6 nitrogen and oxygen atoms in total. The Balaban J connectivity index is 1.88. The largest absolute Gasteiger partial charge is 0.373 e. The van der Waals surface area contributed by atoms with E-state index in [1.54, 1.807) is 12.5 Å². The summed E-state index contributed by atoms with van der Waals surface area (Å²) in [6.45, 7) is 4.65. The number of hydrogen-bond acceptors (Lipinski definition) is 5. The van der Waals surface area contributed by atoms with E-state index in [2.05, 4.69) is 9.97 Å². The molecule has 128 valence electrons. The number of benzene rings is 1. The molecule has 24 heavy (non-hydrogen) atoms. The SMILES string of the molecule is CC(C)(Cn1cnc2cnc3ccccc3c21)OCCS(C)(=O)=O. The zero-order valence-electron chi connectivity index (χ0n) is 14.1. The third-order valence-corrected chi connectivity index (χ3v) is 4.76. The second-order valence-electron chi connectivity index (χ2n) is 6.62. The maximum absolute atomic E-state index is 11.3. The van der Waals surface area contributed by atoms with Crippen LogP contribution >= 0.6 is 0 Å². The summed E-state index contributed by atoms with van der Waals surface area (Å²) in [7, 11) is -3.02. The molecule has 0 amide bonds. The van der Waals surface area contributed by atoms with Crippen molar-refractivity contribution in [2.24, 2.45) is 0 Å². The molecule has 7 heteroatoms. The molecular weight excluding hydrogens is 326 g/mol. The van der Waals surface area contributed by atoms with Gasteiger partial charge in [0.1, 0.15) is 15.4 Å². The first-order valence-electron chi connectivity index (χ1n) is 7.75. The van der Waals surface area contributed by atoms with Gasteiger partial charge in [0.25, 0.3) is 0 Å². The monoisotopic (exact) mass is 347 g/mol. The molecule has 0 aliphatic rings. The van der Waals surface area contributed by atoms with Crippen molar-refractivity contribution in [3.05, 3.63) is 36.8 Å². The Morgan fingerprint density at radius 3 is 2.67 bits per heavy atom. The van der Waals surface area contributed by atoms with Crippen LogP contribution < -0.4 is 0 Å². The molecule has 1 aromatic carbocycles. The number of hydrogen-bond donors (Lipinski definition) is 0. The van der Waals surface area contributed by atoms with Gasteiger partial charge < -0.3 is 9.30 Å². The number of imidazole rings is 1. The fraction of sp³-hybridized carbons (Fsp3) is 0.412. The summed E-state index contributed by atoms with van der Waals surface area (Å²) < 4.78 is 30.3. The third-order valence-electron chi connectivity index (χ3n) is 3.85. The van der Waals surface area contributed by atoms with E-state index < -0.39 is 15.4 Å². The van der Waals surface area contributed by atoms with E-state index in [4.69, 9.17) is 4.74 Å². The molecule has 2 heterocycles. The van der Waals surface area contributed by atoms with Crippen molar-refractivity contribution >= 4 is 31.8 Å². The Kier molecular flexibility index (Phi) is 4.31. The summed E-state index contributed by atoms with van der Waals surface area (Å²) in [6.07, 6.45) is 4.76. The predicted molar refractivity (Wildman–Crippen MR) is 94.8 cm³/mol. The van der Waals surface area contributed by atoms with Crippen molar-refractivity contribution < 1.29 is 13.2 Å². The third kappa shape index (κ3) is 3.73. The second kappa shape index (κ2) is 6.14. The van der Waals surface area contributed by atoms with E-state index in [0.29, 0.717) is 6.54 Å². The summed E-state index contributed by atoms with van der Waals surface area (Å²) in [5, 5.41) is 1.04. The molecule has 0 radical (unpaired) electrons. The highest BCUT2D eigenvalue weighted by molar-refractivity contribution is 7.90. The van der Waals surface area contributed by atoms with Crippen LogP contribution in [0.25, 0.3) is 21.9 Å². The number of pyridine rings is 1. The molecule has 3 aromatic rings. The standard InChI is InChI=1S/C17H21N3O3S/c1-17(2,23-8-9-24(3,21)22)11-20-12-19-15-10-18-14-7-5-4-6-13(14)16(15)20/h4-7,10,12H,8-9,11H2,1-3H3. The second-order valence-corrected chi connectivity index (χ2v) is 8.88. The zero-order chi connectivity index (χ0) is 17.4. The van der Waals surface area contributed by atoms with Crippen molar-refractivity contribution in [2.45, 2.75) is 26.0 Å². The maximum atomic E-state index is 11.3. The van der Waals surface area contributed by atoms with Crippen LogP contribution in [0.4, 0.5) is 0 Å². The molecule has 0 aliphatic carbocycles. The molecule has 2 aromatic heterocycles. The number of rotatable bonds is 6. The van der Waals surface area contributed by atoms with Crippen LogP contribution in [0.15, 0.2) is 36.8 Å². The fourth-order valence-electron chi connectivity index (χ4n) is 2.75. The van der Waals surface area contributed by atoms with Gasteiger partial charge in [0.2, 0.25) is 0 Å². The lowest BCUT2D eigenvalue weighted by atomic mass is 10.1. The van der Waals surface area contributed by atoms with Crippen molar-refractivity contribution in [3.63, 3.8) is 0 Å². The molecule has 3 rings (SSSR count). The molecule has 0 bridgehead atoms. The molecule has 0 spiro atoms. The van der Waals surface area contributed by atoms with Gasteiger partial charge in [-0.2, -0.15) is 0 Å². The molecule has 0 unspecified atom stereocenters. The molecule has 0 fully saturated rings. The normalized spacial score (nSPS) is 13.0. The fourth-order valence-corrected chi connectivity index (χ4v) is 3.13. The van der Waals surface area contributed by atoms with E-state index >= 15 is 0 Å². The first-order chi connectivity index (χ1) is 11.3. The van der Waals surface area contributed by atoms with Gasteiger partial charge in [-0.15, -0.1) is 0 Å². The van der Waals surface area contributed by atoms with Crippen molar-refractivity contribution in [2.75, 3.05) is 18.6 Å². The van der Waals surface area contributed by atoms with E-state index in [0.717, 1.165) is 21.9 Å². The topological polar surface area (TPSA) is 74.1 Å². The van der Waals surface area contributed by atoms with Crippen LogP contribution in [-0.2, 0) is 21.1 Å². The quantitative estimate of drug-likeness (QED) is 0.685. The van der Waals surface area contributed by atoms with Crippen LogP contribution in [0, 0.1) is 0 Å². The summed E-state index contributed by atoms with van der Waals surface area (Å²) in [5.74, 6) is 0.0218. The molecule has 0 N–H and O–H groups in total. The van der Waals surface area contributed by atoms with Crippen molar-refractivity contribution in [1.82, 2.24) is 14.5 Å². The predicted octanol–water partition coefficient (Wildman–Crippen LogP) is 2.42. The van der Waals surface area contributed by atoms with Crippen LogP contribution in [0.1, 0.15) is 13.8 Å². The highest BCUT2D eigenvalue weighted by Gasteiger charge is 2.22. The summed E-state index contributed by atoms with van der Waals surface area (Å²) >= 11 is 0. The molecule has 0 saturated heterocycles. The Hall–Kier alpha value is -1.99. The molecule has 0 atom stereocenters. The maximum Gasteiger partial charge on any atom is 0.149 e. The minimum absolute atomic E-state index is 0.0218. The lowest BCUT2D eigenvalue weighted by Crippen LogP contribution is -2.32. The van der Waals surface area contributed by atoms with Gasteiger partial charge in [-0.05, 0) is 19.9 Å². The molecule has 0 saturated carbocycles. The summed E-state index contributed by atoms with van der Waals surface area (Å²) in [6, 6.07) is 7.94. The minimum Gasteiger partial charge on any atom is -0.373 e. The average Bonchev–Trinajstić information content (AvgIpc) is 2.88. The van der Waals surface area contributed by atoms with Gasteiger partial charge >= 0.3 is 0 Å². The number of nitrogens with zero attached hydrogens (tertiary/aromatic N) is 3. The van der Waals surface area contributed by atoms with Crippen LogP contribution in [0.3, 0.4) is 0 Å². The van der Waals surface area contributed by atoms with Gasteiger partial charge in [0, 0.05) is 11.6 Å². The Morgan fingerprint density at radius 2 is 1.92 bits per heavy atom. The van der Waals surface area contributed by atoms with Gasteiger partial charge in [0.15, 0.2) is 0 Å². The number of fused-ring (bicyclic) bond motifs is 3. The minimum atomic E-state index is -3.02.